The topological polar surface area (TPSA) is 63.1 Å². The van der Waals surface area contributed by atoms with Crippen LogP contribution in [-0.4, -0.2) is 40.3 Å². The van der Waals surface area contributed by atoms with Gasteiger partial charge >= 0.3 is 0 Å². The highest BCUT2D eigenvalue weighted by molar-refractivity contribution is 5.97. The predicted molar refractivity (Wildman–Crippen MR) is 112 cm³/mol. The Balaban J connectivity index is 1.33. The molecule has 3 heterocycles. The van der Waals surface area contributed by atoms with Crippen molar-refractivity contribution in [1.29, 1.82) is 0 Å². The number of para-hydroxylation sites is 1. The number of hydrogen-bond acceptors (Lipinski definition) is 4. The summed E-state index contributed by atoms with van der Waals surface area (Å²) in [6, 6.07) is 16.5. The molecule has 0 bridgehead atoms. The molecule has 2 aromatic carbocycles. The van der Waals surface area contributed by atoms with Crippen LogP contribution < -0.4 is 10.2 Å². The van der Waals surface area contributed by atoms with Gasteiger partial charge in [0.2, 0.25) is 5.91 Å². The molecular formula is C23H25N5O. The second-order valence-electron chi connectivity index (χ2n) is 7.97. The van der Waals surface area contributed by atoms with Crippen molar-refractivity contribution in [3.63, 3.8) is 0 Å². The van der Waals surface area contributed by atoms with Gasteiger partial charge in [-0.3, -0.25) is 9.36 Å². The highest BCUT2D eigenvalue weighted by atomic mass is 16.2. The number of nitrogens with zero attached hydrogens (tertiary/aromatic N) is 4. The number of piperidine rings is 1. The molecule has 5 rings (SSSR count). The first-order valence-corrected chi connectivity index (χ1v) is 10.3. The monoisotopic (exact) mass is 387 g/mol. The van der Waals surface area contributed by atoms with E-state index in [0.29, 0.717) is 18.3 Å². The molecule has 1 aromatic heterocycles. The van der Waals surface area contributed by atoms with E-state index in [1.54, 1.807) is 12.7 Å². The summed E-state index contributed by atoms with van der Waals surface area (Å²) in [5.74, 6) is 1.28. The molecule has 1 N–H and O–H groups in total. The summed E-state index contributed by atoms with van der Waals surface area (Å²) in [6.07, 6.45) is 6.12. The lowest BCUT2D eigenvalue weighted by Crippen LogP contribution is -2.35. The van der Waals surface area contributed by atoms with Gasteiger partial charge in [-0.2, -0.15) is 0 Å². The zero-order valence-electron chi connectivity index (χ0n) is 16.4. The number of amides is 1. The first kappa shape index (κ1) is 18.1. The van der Waals surface area contributed by atoms with E-state index in [1.165, 1.54) is 18.4 Å². The van der Waals surface area contributed by atoms with E-state index in [9.17, 15) is 4.79 Å². The van der Waals surface area contributed by atoms with Crippen molar-refractivity contribution in [1.82, 2.24) is 20.1 Å². The van der Waals surface area contributed by atoms with Crippen LogP contribution in [0.25, 0.3) is 5.69 Å². The molecule has 1 atom stereocenters. The van der Waals surface area contributed by atoms with Crippen LogP contribution in [0.1, 0.15) is 29.9 Å². The lowest BCUT2D eigenvalue weighted by molar-refractivity contribution is -0.117. The number of carbonyl (C=O) groups is 1. The van der Waals surface area contributed by atoms with Crippen molar-refractivity contribution >= 4 is 11.6 Å². The Morgan fingerprint density at radius 2 is 1.72 bits per heavy atom. The van der Waals surface area contributed by atoms with E-state index >= 15 is 0 Å². The third kappa shape index (κ3) is 3.56. The van der Waals surface area contributed by atoms with Gasteiger partial charge in [0.1, 0.15) is 12.7 Å². The van der Waals surface area contributed by atoms with Crippen molar-refractivity contribution in [3.8, 4) is 5.69 Å². The van der Waals surface area contributed by atoms with Gasteiger partial charge in [0.15, 0.2) is 0 Å². The van der Waals surface area contributed by atoms with Crippen LogP contribution >= 0.6 is 0 Å². The van der Waals surface area contributed by atoms with Crippen LogP contribution in [0.15, 0.2) is 61.2 Å². The number of rotatable bonds is 4. The van der Waals surface area contributed by atoms with E-state index in [0.717, 1.165) is 36.6 Å². The van der Waals surface area contributed by atoms with Gasteiger partial charge in [0.05, 0.1) is 6.42 Å². The number of benzene rings is 2. The zero-order chi connectivity index (χ0) is 19.6. The Morgan fingerprint density at radius 3 is 2.48 bits per heavy atom. The van der Waals surface area contributed by atoms with Crippen LogP contribution in [0.4, 0.5) is 5.69 Å². The molecule has 1 unspecified atom stereocenters. The van der Waals surface area contributed by atoms with E-state index in [2.05, 4.69) is 33.7 Å². The van der Waals surface area contributed by atoms with Crippen LogP contribution in [0.3, 0.4) is 0 Å². The van der Waals surface area contributed by atoms with Gasteiger partial charge in [-0.05, 0) is 61.2 Å². The highest BCUT2D eigenvalue weighted by Gasteiger charge is 2.36. The summed E-state index contributed by atoms with van der Waals surface area (Å²) in [4.78, 5) is 15.2. The average molecular weight is 387 g/mol. The number of nitrogens with one attached hydrogen (secondary N) is 1. The Hall–Kier alpha value is -2.99. The molecule has 148 valence electrons. The van der Waals surface area contributed by atoms with Gasteiger partial charge in [0.25, 0.3) is 0 Å². The van der Waals surface area contributed by atoms with E-state index < -0.39 is 0 Å². The SMILES string of the molecule is O=C(Cc1ccc(-n2cnnc2)cc1)N1CC(C2CCNCC2)c2ccccc21. The van der Waals surface area contributed by atoms with Gasteiger partial charge in [-0.25, -0.2) is 0 Å². The Labute approximate surface area is 170 Å². The summed E-state index contributed by atoms with van der Waals surface area (Å²) in [5.41, 5.74) is 4.45. The van der Waals surface area contributed by atoms with E-state index in [-0.39, 0.29) is 5.91 Å². The minimum absolute atomic E-state index is 0.172. The second-order valence-corrected chi connectivity index (χ2v) is 7.97. The molecule has 0 radical (unpaired) electrons. The third-order valence-electron chi connectivity index (χ3n) is 6.27. The molecule has 0 spiro atoms. The Morgan fingerprint density at radius 1 is 1.00 bits per heavy atom. The standard InChI is InChI=1S/C23H25N5O/c29-23(13-17-5-7-19(8-6-17)27-15-25-26-16-27)28-14-21(18-9-11-24-12-10-18)20-3-1-2-4-22(20)28/h1-8,15-16,18,21,24H,9-14H2. The van der Waals surface area contributed by atoms with E-state index in [1.807, 2.05) is 39.8 Å². The summed E-state index contributed by atoms with van der Waals surface area (Å²) >= 11 is 0. The van der Waals surface area contributed by atoms with Crippen LogP contribution in [0.2, 0.25) is 0 Å². The van der Waals surface area contributed by atoms with Crippen LogP contribution in [-0.2, 0) is 11.2 Å². The van der Waals surface area contributed by atoms with Crippen molar-refractivity contribution in [3.05, 3.63) is 72.3 Å². The molecule has 1 amide bonds. The molecule has 2 aliphatic rings. The number of fused-ring (bicyclic) bond motifs is 1. The number of anilines is 1. The molecule has 3 aromatic rings. The first-order valence-electron chi connectivity index (χ1n) is 10.3. The fraction of sp³-hybridized carbons (Fsp3) is 0.348. The number of aromatic nitrogens is 3. The molecule has 0 saturated carbocycles. The largest absolute Gasteiger partial charge is 0.317 e. The highest BCUT2D eigenvalue weighted by Crippen LogP contribution is 2.43. The quantitative estimate of drug-likeness (QED) is 0.748. The molecule has 1 fully saturated rings. The lowest BCUT2D eigenvalue weighted by atomic mass is 9.82. The third-order valence-corrected chi connectivity index (χ3v) is 6.27. The molecule has 1 saturated heterocycles. The number of hydrogen-bond donors (Lipinski definition) is 1. The summed E-state index contributed by atoms with van der Waals surface area (Å²) in [7, 11) is 0. The number of carbonyl (C=O) groups excluding carboxylic acids is 1. The van der Waals surface area contributed by atoms with Crippen molar-refractivity contribution in [2.75, 3.05) is 24.5 Å². The summed E-state index contributed by atoms with van der Waals surface area (Å²) < 4.78 is 1.85. The van der Waals surface area contributed by atoms with Gasteiger partial charge in [-0.1, -0.05) is 30.3 Å². The van der Waals surface area contributed by atoms with Crippen molar-refractivity contribution in [2.24, 2.45) is 5.92 Å². The van der Waals surface area contributed by atoms with Crippen LogP contribution in [0.5, 0.6) is 0 Å². The fourth-order valence-electron chi connectivity index (χ4n) is 4.72. The predicted octanol–water partition coefficient (Wildman–Crippen LogP) is 2.94. The van der Waals surface area contributed by atoms with Crippen molar-refractivity contribution < 1.29 is 4.79 Å². The molecule has 6 nitrogen and oxygen atoms in total. The maximum absolute atomic E-state index is 13.2. The van der Waals surface area contributed by atoms with E-state index in [4.69, 9.17) is 0 Å². The maximum Gasteiger partial charge on any atom is 0.231 e. The van der Waals surface area contributed by atoms with Crippen molar-refractivity contribution in [2.45, 2.75) is 25.2 Å². The minimum atomic E-state index is 0.172. The summed E-state index contributed by atoms with van der Waals surface area (Å²) in [5, 5.41) is 11.1. The normalized spacial score (nSPS) is 19.3. The van der Waals surface area contributed by atoms with Crippen LogP contribution in [0, 0.1) is 5.92 Å². The zero-order valence-corrected chi connectivity index (χ0v) is 16.4. The molecule has 6 heteroatoms. The summed E-state index contributed by atoms with van der Waals surface area (Å²) in [6.45, 7) is 2.97. The molecule has 0 aliphatic carbocycles. The second kappa shape index (κ2) is 7.79. The fourth-order valence-corrected chi connectivity index (χ4v) is 4.72. The Kier molecular flexibility index (Phi) is 4.86. The van der Waals surface area contributed by atoms with Gasteiger partial charge in [-0.15, -0.1) is 10.2 Å². The maximum atomic E-state index is 13.2. The molecular weight excluding hydrogens is 362 g/mol. The first-order chi connectivity index (χ1) is 14.3. The van der Waals surface area contributed by atoms with Gasteiger partial charge in [0, 0.05) is 23.8 Å². The Bertz CT molecular complexity index is 977. The minimum Gasteiger partial charge on any atom is -0.317 e. The lowest BCUT2D eigenvalue weighted by Gasteiger charge is -2.28. The smallest absolute Gasteiger partial charge is 0.231 e. The molecule has 29 heavy (non-hydrogen) atoms. The average Bonchev–Trinajstić information content (AvgIpc) is 3.43. The van der Waals surface area contributed by atoms with Gasteiger partial charge < -0.3 is 10.2 Å². The molecule has 2 aliphatic heterocycles.